The number of nitrogens with one attached hydrogen (secondary N) is 1. The van der Waals surface area contributed by atoms with E-state index in [1.54, 1.807) is 4.90 Å². The van der Waals surface area contributed by atoms with Gasteiger partial charge in [-0.1, -0.05) is 24.3 Å². The smallest absolute Gasteiger partial charge is 0.270 e. The second kappa shape index (κ2) is 7.77. The molecule has 1 aliphatic rings. The summed E-state index contributed by atoms with van der Waals surface area (Å²) in [5, 5.41) is 13.4. The lowest BCUT2D eigenvalue weighted by molar-refractivity contribution is -0.384. The van der Waals surface area contributed by atoms with E-state index in [0.717, 1.165) is 24.1 Å². The second-order valence-corrected chi connectivity index (χ2v) is 6.09. The van der Waals surface area contributed by atoms with Gasteiger partial charge in [-0.15, -0.1) is 0 Å². The number of amides is 2. The lowest BCUT2D eigenvalue weighted by Crippen LogP contribution is -2.37. The molecule has 0 spiro atoms. The summed E-state index contributed by atoms with van der Waals surface area (Å²) >= 11 is 0. The van der Waals surface area contributed by atoms with Crippen LogP contribution in [0.1, 0.15) is 28.8 Å². The molecule has 0 radical (unpaired) electrons. The SMILES string of the molecule is O=C(NCCC(=O)N1CCCc2ccccc21)c1cccc([N+](=O)[O-])c1. The van der Waals surface area contributed by atoms with Crippen molar-refractivity contribution in [3.8, 4) is 0 Å². The second-order valence-electron chi connectivity index (χ2n) is 6.09. The fraction of sp³-hybridized carbons (Fsp3) is 0.263. The quantitative estimate of drug-likeness (QED) is 0.661. The third kappa shape index (κ3) is 3.88. The van der Waals surface area contributed by atoms with E-state index in [2.05, 4.69) is 5.32 Å². The van der Waals surface area contributed by atoms with Gasteiger partial charge in [-0.05, 0) is 30.5 Å². The molecule has 0 unspecified atom stereocenters. The molecule has 0 aliphatic carbocycles. The van der Waals surface area contributed by atoms with E-state index in [-0.39, 0.29) is 30.1 Å². The molecule has 3 rings (SSSR count). The zero-order chi connectivity index (χ0) is 18.5. The Balaban J connectivity index is 1.57. The average molecular weight is 353 g/mol. The van der Waals surface area contributed by atoms with Crippen molar-refractivity contribution < 1.29 is 14.5 Å². The number of carbonyl (C=O) groups is 2. The predicted molar refractivity (Wildman–Crippen MR) is 97.2 cm³/mol. The molecule has 0 atom stereocenters. The van der Waals surface area contributed by atoms with Crippen LogP contribution in [0.15, 0.2) is 48.5 Å². The monoisotopic (exact) mass is 353 g/mol. The Kier molecular flexibility index (Phi) is 5.26. The molecule has 134 valence electrons. The highest BCUT2D eigenvalue weighted by atomic mass is 16.6. The number of nitro benzene ring substituents is 1. The number of carbonyl (C=O) groups excluding carboxylic acids is 2. The van der Waals surface area contributed by atoms with Crippen molar-refractivity contribution in [2.24, 2.45) is 0 Å². The number of fused-ring (bicyclic) bond motifs is 1. The van der Waals surface area contributed by atoms with Gasteiger partial charge in [0.25, 0.3) is 11.6 Å². The summed E-state index contributed by atoms with van der Waals surface area (Å²) in [7, 11) is 0. The third-order valence-corrected chi connectivity index (χ3v) is 4.35. The Morgan fingerprint density at radius 3 is 2.77 bits per heavy atom. The highest BCUT2D eigenvalue weighted by Gasteiger charge is 2.21. The Morgan fingerprint density at radius 1 is 1.15 bits per heavy atom. The summed E-state index contributed by atoms with van der Waals surface area (Å²) in [6.45, 7) is 0.855. The van der Waals surface area contributed by atoms with Crippen LogP contribution in [0.2, 0.25) is 0 Å². The number of non-ortho nitro benzene ring substituents is 1. The fourth-order valence-electron chi connectivity index (χ4n) is 3.07. The molecule has 0 saturated heterocycles. The first-order valence-electron chi connectivity index (χ1n) is 8.47. The molecule has 2 aromatic rings. The first-order chi connectivity index (χ1) is 12.6. The van der Waals surface area contributed by atoms with Crippen LogP contribution in [-0.4, -0.2) is 29.8 Å². The van der Waals surface area contributed by atoms with Gasteiger partial charge in [0.15, 0.2) is 0 Å². The Hall–Kier alpha value is -3.22. The van der Waals surface area contributed by atoms with Crippen LogP contribution >= 0.6 is 0 Å². The molecule has 0 bridgehead atoms. The third-order valence-electron chi connectivity index (χ3n) is 4.35. The summed E-state index contributed by atoms with van der Waals surface area (Å²) in [5.41, 5.74) is 2.16. The summed E-state index contributed by atoms with van der Waals surface area (Å²) in [6.07, 6.45) is 2.06. The van der Waals surface area contributed by atoms with Gasteiger partial charge >= 0.3 is 0 Å². The maximum atomic E-state index is 12.5. The Labute approximate surface area is 150 Å². The van der Waals surface area contributed by atoms with Crippen LogP contribution < -0.4 is 10.2 Å². The van der Waals surface area contributed by atoms with E-state index in [4.69, 9.17) is 0 Å². The number of benzene rings is 2. The standard InChI is InChI=1S/C19H19N3O4/c23-18(21-12-4-7-14-5-1-2-9-17(14)21)10-11-20-19(24)15-6-3-8-16(13-15)22(25)26/h1-3,5-6,8-9,13H,4,7,10-12H2,(H,20,24). The van der Waals surface area contributed by atoms with Crippen LogP contribution in [0.5, 0.6) is 0 Å². The maximum Gasteiger partial charge on any atom is 0.270 e. The minimum atomic E-state index is -0.548. The number of aryl methyl sites for hydroxylation is 1. The Morgan fingerprint density at radius 2 is 1.96 bits per heavy atom. The number of hydrogen-bond donors (Lipinski definition) is 1. The fourth-order valence-corrected chi connectivity index (χ4v) is 3.07. The zero-order valence-electron chi connectivity index (χ0n) is 14.2. The summed E-state index contributed by atoms with van der Waals surface area (Å²) < 4.78 is 0. The van der Waals surface area contributed by atoms with Crippen LogP contribution in [0.4, 0.5) is 11.4 Å². The largest absolute Gasteiger partial charge is 0.352 e. The van der Waals surface area contributed by atoms with Crippen LogP contribution in [0, 0.1) is 10.1 Å². The normalized spacial score (nSPS) is 13.0. The lowest BCUT2D eigenvalue weighted by Gasteiger charge is -2.29. The van der Waals surface area contributed by atoms with Gasteiger partial charge in [-0.2, -0.15) is 0 Å². The van der Waals surface area contributed by atoms with Crippen molar-refractivity contribution in [3.63, 3.8) is 0 Å². The van der Waals surface area contributed by atoms with Crippen LogP contribution in [0.25, 0.3) is 0 Å². The molecule has 0 aromatic heterocycles. The number of nitro groups is 1. The Bertz CT molecular complexity index is 850. The summed E-state index contributed by atoms with van der Waals surface area (Å²) in [4.78, 5) is 36.6. The van der Waals surface area contributed by atoms with E-state index >= 15 is 0 Å². The maximum absolute atomic E-state index is 12.5. The average Bonchev–Trinajstić information content (AvgIpc) is 2.67. The van der Waals surface area contributed by atoms with Crippen molar-refractivity contribution in [1.82, 2.24) is 5.32 Å². The van der Waals surface area contributed by atoms with E-state index in [9.17, 15) is 19.7 Å². The minimum absolute atomic E-state index is 0.0449. The topological polar surface area (TPSA) is 92.6 Å². The van der Waals surface area contributed by atoms with Crippen molar-refractivity contribution in [1.29, 1.82) is 0 Å². The molecule has 0 saturated carbocycles. The van der Waals surface area contributed by atoms with E-state index in [1.165, 1.54) is 24.3 Å². The van der Waals surface area contributed by atoms with E-state index < -0.39 is 10.8 Å². The first kappa shape index (κ1) is 17.6. The summed E-state index contributed by atoms with van der Waals surface area (Å²) in [5.74, 6) is -0.475. The highest BCUT2D eigenvalue weighted by Crippen LogP contribution is 2.27. The lowest BCUT2D eigenvalue weighted by atomic mass is 10.0. The minimum Gasteiger partial charge on any atom is -0.352 e. The number of hydrogen-bond acceptors (Lipinski definition) is 4. The molecule has 7 heteroatoms. The molecular formula is C19H19N3O4. The number of rotatable bonds is 5. The molecule has 7 nitrogen and oxygen atoms in total. The van der Waals surface area contributed by atoms with Crippen molar-refractivity contribution in [2.45, 2.75) is 19.3 Å². The molecule has 1 heterocycles. The van der Waals surface area contributed by atoms with Gasteiger partial charge in [-0.3, -0.25) is 19.7 Å². The van der Waals surface area contributed by atoms with Gasteiger partial charge in [0.05, 0.1) is 4.92 Å². The van der Waals surface area contributed by atoms with Gasteiger partial charge in [0.2, 0.25) is 5.91 Å². The number of para-hydroxylation sites is 1. The molecule has 1 N–H and O–H groups in total. The van der Waals surface area contributed by atoms with Crippen molar-refractivity contribution in [2.75, 3.05) is 18.0 Å². The van der Waals surface area contributed by atoms with Gasteiger partial charge in [0.1, 0.15) is 0 Å². The van der Waals surface area contributed by atoms with E-state index in [1.807, 2.05) is 24.3 Å². The van der Waals surface area contributed by atoms with Gasteiger partial charge < -0.3 is 10.2 Å². The molecule has 2 amide bonds. The summed E-state index contributed by atoms with van der Waals surface area (Å²) in [6, 6.07) is 13.4. The van der Waals surface area contributed by atoms with Crippen LogP contribution in [0.3, 0.4) is 0 Å². The van der Waals surface area contributed by atoms with Gasteiger partial charge in [-0.25, -0.2) is 0 Å². The zero-order valence-corrected chi connectivity index (χ0v) is 14.2. The predicted octanol–water partition coefficient (Wildman–Crippen LogP) is 2.69. The molecule has 26 heavy (non-hydrogen) atoms. The van der Waals surface area contributed by atoms with Crippen molar-refractivity contribution >= 4 is 23.2 Å². The molecule has 2 aromatic carbocycles. The first-order valence-corrected chi connectivity index (χ1v) is 8.47. The number of nitrogens with zero attached hydrogens (tertiary/aromatic N) is 2. The molecule has 1 aliphatic heterocycles. The molecule has 0 fully saturated rings. The number of anilines is 1. The van der Waals surface area contributed by atoms with Crippen molar-refractivity contribution in [3.05, 3.63) is 69.8 Å². The highest BCUT2D eigenvalue weighted by molar-refractivity contribution is 5.97. The molecular weight excluding hydrogens is 334 g/mol. The van der Waals surface area contributed by atoms with Crippen LogP contribution in [-0.2, 0) is 11.2 Å². The van der Waals surface area contributed by atoms with Gasteiger partial charge in [0, 0.05) is 42.9 Å². The van der Waals surface area contributed by atoms with E-state index in [0.29, 0.717) is 6.54 Å².